The van der Waals surface area contributed by atoms with Crippen LogP contribution in [0, 0.1) is 0 Å². The van der Waals surface area contributed by atoms with E-state index in [-0.39, 0.29) is 5.41 Å². The second-order valence-electron chi connectivity index (χ2n) is 6.61. The van der Waals surface area contributed by atoms with E-state index >= 15 is 0 Å². The van der Waals surface area contributed by atoms with Gasteiger partial charge in [0.2, 0.25) is 6.29 Å². The summed E-state index contributed by atoms with van der Waals surface area (Å²) in [5.41, 5.74) is 1.12. The van der Waals surface area contributed by atoms with Crippen molar-refractivity contribution in [3.05, 3.63) is 29.8 Å². The predicted molar refractivity (Wildman–Crippen MR) is 84.7 cm³/mol. The number of hydrogen-bond acceptors (Lipinski definition) is 6. The molecular formula is C17H24O7. The van der Waals surface area contributed by atoms with Gasteiger partial charge in [-0.05, 0) is 29.5 Å². The molecule has 2 rings (SSSR count). The zero-order valence-electron chi connectivity index (χ0n) is 13.9. The van der Waals surface area contributed by atoms with Gasteiger partial charge in [0.15, 0.2) is 6.10 Å². The van der Waals surface area contributed by atoms with Crippen LogP contribution in [-0.4, -0.2) is 57.1 Å². The lowest BCUT2D eigenvalue weighted by Gasteiger charge is -2.38. The summed E-state index contributed by atoms with van der Waals surface area (Å²) in [4.78, 5) is 11.1. The molecule has 4 N–H and O–H groups in total. The molecular weight excluding hydrogens is 316 g/mol. The van der Waals surface area contributed by atoms with Crippen molar-refractivity contribution in [3.8, 4) is 5.75 Å². The molecule has 0 spiro atoms. The Hall–Kier alpha value is -1.67. The lowest BCUT2D eigenvalue weighted by molar-refractivity contribution is -0.271. The fourth-order valence-corrected chi connectivity index (χ4v) is 2.47. The maximum absolute atomic E-state index is 11.1. The van der Waals surface area contributed by atoms with Crippen molar-refractivity contribution in [3.63, 3.8) is 0 Å². The molecule has 1 saturated heterocycles. The molecule has 0 amide bonds. The van der Waals surface area contributed by atoms with Crippen molar-refractivity contribution >= 4 is 5.97 Å². The van der Waals surface area contributed by atoms with Gasteiger partial charge in [0.05, 0.1) is 0 Å². The standard InChI is InChI=1S/C17H24O7/c1-4-17(2,3)9-5-7-10(8-6-9)23-16-13(20)11(18)12(19)14(24-16)15(21)22/h5-8,11-14,16,18-20H,4H2,1-3H3,(H,21,22)/t11-,12-,13+,14-,16+/m0/s1. The minimum Gasteiger partial charge on any atom is -0.479 e. The molecule has 1 aliphatic heterocycles. The highest BCUT2D eigenvalue weighted by Crippen LogP contribution is 2.29. The SMILES string of the molecule is CCC(C)(C)c1ccc(O[C@@H]2O[C@H](C(=O)O)[C@@H](O)[C@H](O)[C@H]2O)cc1. The molecule has 0 saturated carbocycles. The first-order valence-corrected chi connectivity index (χ1v) is 7.87. The van der Waals surface area contributed by atoms with Crippen LogP contribution in [-0.2, 0) is 14.9 Å². The lowest BCUT2D eigenvalue weighted by Crippen LogP contribution is -2.61. The third-order valence-corrected chi connectivity index (χ3v) is 4.58. The van der Waals surface area contributed by atoms with Gasteiger partial charge in [0.1, 0.15) is 24.1 Å². The summed E-state index contributed by atoms with van der Waals surface area (Å²) in [5.74, 6) is -1.08. The van der Waals surface area contributed by atoms with E-state index in [4.69, 9.17) is 14.6 Å². The van der Waals surface area contributed by atoms with Gasteiger partial charge >= 0.3 is 5.97 Å². The topological polar surface area (TPSA) is 116 Å². The van der Waals surface area contributed by atoms with Crippen LogP contribution in [0.2, 0.25) is 0 Å². The first-order chi connectivity index (χ1) is 11.2. The van der Waals surface area contributed by atoms with E-state index in [1.807, 2.05) is 12.1 Å². The summed E-state index contributed by atoms with van der Waals surface area (Å²) < 4.78 is 10.5. The number of rotatable bonds is 5. The zero-order valence-corrected chi connectivity index (χ0v) is 13.9. The Morgan fingerprint density at radius 2 is 1.71 bits per heavy atom. The lowest BCUT2D eigenvalue weighted by atomic mass is 9.82. The van der Waals surface area contributed by atoms with Crippen LogP contribution < -0.4 is 4.74 Å². The van der Waals surface area contributed by atoms with Gasteiger partial charge in [-0.2, -0.15) is 0 Å². The number of benzene rings is 1. The molecule has 0 aliphatic carbocycles. The molecule has 7 heteroatoms. The minimum atomic E-state index is -1.73. The monoisotopic (exact) mass is 340 g/mol. The summed E-state index contributed by atoms with van der Waals surface area (Å²) >= 11 is 0. The van der Waals surface area contributed by atoms with E-state index in [1.165, 1.54) is 0 Å². The molecule has 0 unspecified atom stereocenters. The normalized spacial score (nSPS) is 30.8. The molecule has 5 atom stereocenters. The van der Waals surface area contributed by atoms with Gasteiger partial charge in [0.25, 0.3) is 0 Å². The van der Waals surface area contributed by atoms with Crippen LogP contribution in [0.4, 0.5) is 0 Å². The average molecular weight is 340 g/mol. The van der Waals surface area contributed by atoms with Crippen LogP contribution in [0.1, 0.15) is 32.8 Å². The first-order valence-electron chi connectivity index (χ1n) is 7.87. The Morgan fingerprint density at radius 3 is 2.21 bits per heavy atom. The second-order valence-corrected chi connectivity index (χ2v) is 6.61. The number of aliphatic hydroxyl groups is 3. The minimum absolute atomic E-state index is 0.00803. The van der Waals surface area contributed by atoms with Crippen molar-refractivity contribution in [2.45, 2.75) is 63.3 Å². The van der Waals surface area contributed by atoms with Gasteiger partial charge in [-0.25, -0.2) is 4.79 Å². The van der Waals surface area contributed by atoms with Gasteiger partial charge in [-0.3, -0.25) is 0 Å². The van der Waals surface area contributed by atoms with Crippen LogP contribution in [0.15, 0.2) is 24.3 Å². The summed E-state index contributed by atoms with van der Waals surface area (Å²) in [6, 6.07) is 7.15. The summed E-state index contributed by atoms with van der Waals surface area (Å²) in [7, 11) is 0. The molecule has 0 aromatic heterocycles. The van der Waals surface area contributed by atoms with Crippen molar-refractivity contribution in [2.75, 3.05) is 0 Å². The Labute approximate surface area is 140 Å². The van der Waals surface area contributed by atoms with E-state index in [0.29, 0.717) is 5.75 Å². The van der Waals surface area contributed by atoms with Crippen molar-refractivity contribution in [1.29, 1.82) is 0 Å². The molecule has 1 fully saturated rings. The van der Waals surface area contributed by atoms with Crippen molar-refractivity contribution in [1.82, 2.24) is 0 Å². The molecule has 24 heavy (non-hydrogen) atoms. The fraction of sp³-hybridized carbons (Fsp3) is 0.588. The Bertz CT molecular complexity index is 569. The van der Waals surface area contributed by atoms with E-state index in [1.54, 1.807) is 12.1 Å². The highest BCUT2D eigenvalue weighted by molar-refractivity contribution is 5.73. The van der Waals surface area contributed by atoms with E-state index in [9.17, 15) is 20.1 Å². The second kappa shape index (κ2) is 7.06. The largest absolute Gasteiger partial charge is 0.479 e. The fourth-order valence-electron chi connectivity index (χ4n) is 2.47. The number of hydrogen-bond donors (Lipinski definition) is 4. The summed E-state index contributed by atoms with van der Waals surface area (Å²) in [6.45, 7) is 6.33. The van der Waals surface area contributed by atoms with Gasteiger partial charge in [-0.1, -0.05) is 32.9 Å². The van der Waals surface area contributed by atoms with Crippen LogP contribution in [0.3, 0.4) is 0 Å². The average Bonchev–Trinajstić information content (AvgIpc) is 2.55. The number of carboxylic acid groups (broad SMARTS) is 1. The van der Waals surface area contributed by atoms with Crippen LogP contribution in [0.5, 0.6) is 5.75 Å². The number of aliphatic hydroxyl groups excluding tert-OH is 3. The van der Waals surface area contributed by atoms with E-state index in [2.05, 4.69) is 20.8 Å². The molecule has 134 valence electrons. The molecule has 1 heterocycles. The first kappa shape index (κ1) is 18.7. The highest BCUT2D eigenvalue weighted by atomic mass is 16.7. The molecule has 0 bridgehead atoms. The van der Waals surface area contributed by atoms with Crippen LogP contribution >= 0.6 is 0 Å². The summed E-state index contributed by atoms with van der Waals surface area (Å²) in [5, 5.41) is 38.4. The molecule has 0 radical (unpaired) electrons. The predicted octanol–water partition coefficient (Wildman–Crippen LogP) is 0.645. The molecule has 1 aromatic carbocycles. The Morgan fingerprint density at radius 1 is 1.12 bits per heavy atom. The third-order valence-electron chi connectivity index (χ3n) is 4.58. The Kier molecular flexibility index (Phi) is 5.49. The van der Waals surface area contributed by atoms with E-state index < -0.39 is 36.7 Å². The van der Waals surface area contributed by atoms with Crippen molar-refractivity contribution < 1.29 is 34.7 Å². The van der Waals surface area contributed by atoms with Gasteiger partial charge in [0, 0.05) is 0 Å². The zero-order chi connectivity index (χ0) is 18.1. The smallest absolute Gasteiger partial charge is 0.335 e. The molecule has 1 aromatic rings. The maximum Gasteiger partial charge on any atom is 0.335 e. The third kappa shape index (κ3) is 3.70. The summed E-state index contributed by atoms with van der Waals surface area (Å²) in [6.07, 6.45) is -7.08. The highest BCUT2D eigenvalue weighted by Gasteiger charge is 2.48. The Balaban J connectivity index is 2.13. The van der Waals surface area contributed by atoms with Crippen LogP contribution in [0.25, 0.3) is 0 Å². The number of carbonyl (C=O) groups is 1. The molecule has 7 nitrogen and oxygen atoms in total. The number of ether oxygens (including phenoxy) is 2. The van der Waals surface area contributed by atoms with Gasteiger partial charge < -0.3 is 29.9 Å². The molecule has 1 aliphatic rings. The van der Waals surface area contributed by atoms with Crippen molar-refractivity contribution in [2.24, 2.45) is 0 Å². The number of carboxylic acids is 1. The van der Waals surface area contributed by atoms with E-state index in [0.717, 1.165) is 12.0 Å². The quantitative estimate of drug-likeness (QED) is 0.622. The maximum atomic E-state index is 11.1. The van der Waals surface area contributed by atoms with Gasteiger partial charge in [-0.15, -0.1) is 0 Å². The number of aliphatic carboxylic acids is 1.